The summed E-state index contributed by atoms with van der Waals surface area (Å²) in [7, 11) is 0. The van der Waals surface area contributed by atoms with E-state index < -0.39 is 0 Å². The lowest BCUT2D eigenvalue weighted by Crippen LogP contribution is -2.47. The molecule has 2 atom stereocenters. The number of rotatable bonds is 8. The van der Waals surface area contributed by atoms with Crippen molar-refractivity contribution in [2.45, 2.75) is 25.4 Å². The first-order chi connectivity index (χ1) is 21.5. The van der Waals surface area contributed by atoms with Gasteiger partial charge in [0.2, 0.25) is 6.79 Å². The zero-order chi connectivity index (χ0) is 30.0. The standard InChI is InChI=1S/C34H32N4O6/c39-32(20-42-26-10-12-30-31(15-26)44-21-43-30)36-27-14-24(34(41)35-16-22-5-2-1-3-6-22)9-11-29(27)37-17-23-13-25(19-37)28-7-4-8-33(40)38(28)18-23/h1-12,14-15,23,25H,13,16-21H2,(H,35,41)(H,36,39)/t23-,25+/m1/s1. The van der Waals surface area contributed by atoms with E-state index in [0.29, 0.717) is 48.1 Å². The Morgan fingerprint density at radius 3 is 2.64 bits per heavy atom. The van der Waals surface area contributed by atoms with Gasteiger partial charge in [-0.15, -0.1) is 0 Å². The van der Waals surface area contributed by atoms with Crippen molar-refractivity contribution in [3.63, 3.8) is 0 Å². The molecule has 2 N–H and O–H groups in total. The second-order valence-electron chi connectivity index (χ2n) is 11.4. The smallest absolute Gasteiger partial charge is 0.262 e. The van der Waals surface area contributed by atoms with E-state index in [4.69, 9.17) is 14.2 Å². The van der Waals surface area contributed by atoms with Crippen LogP contribution in [0, 0.1) is 5.92 Å². The van der Waals surface area contributed by atoms with Crippen molar-refractivity contribution in [1.29, 1.82) is 0 Å². The Labute approximate surface area is 254 Å². The summed E-state index contributed by atoms with van der Waals surface area (Å²) >= 11 is 0. The van der Waals surface area contributed by atoms with Crippen LogP contribution >= 0.6 is 0 Å². The van der Waals surface area contributed by atoms with E-state index in [-0.39, 0.29) is 42.6 Å². The molecule has 1 aromatic heterocycles. The van der Waals surface area contributed by atoms with Gasteiger partial charge in [0.1, 0.15) is 5.75 Å². The molecule has 2 bridgehead atoms. The maximum atomic E-state index is 13.2. The van der Waals surface area contributed by atoms with E-state index in [0.717, 1.165) is 29.9 Å². The predicted molar refractivity (Wildman–Crippen MR) is 165 cm³/mol. The summed E-state index contributed by atoms with van der Waals surface area (Å²) in [5.74, 6) is 1.55. The van der Waals surface area contributed by atoms with Gasteiger partial charge in [0, 0.05) is 55.5 Å². The van der Waals surface area contributed by atoms with Gasteiger partial charge in [0.25, 0.3) is 17.4 Å². The topological polar surface area (TPSA) is 111 Å². The molecule has 0 unspecified atom stereocenters. The molecule has 1 saturated heterocycles. The van der Waals surface area contributed by atoms with Gasteiger partial charge >= 0.3 is 0 Å². The second-order valence-corrected chi connectivity index (χ2v) is 11.4. The van der Waals surface area contributed by atoms with Crippen LogP contribution in [0.3, 0.4) is 0 Å². The van der Waals surface area contributed by atoms with Crippen molar-refractivity contribution in [2.24, 2.45) is 5.92 Å². The van der Waals surface area contributed by atoms with Crippen LogP contribution in [-0.4, -0.2) is 42.9 Å². The molecule has 0 radical (unpaired) electrons. The summed E-state index contributed by atoms with van der Waals surface area (Å²) in [6, 6.07) is 25.7. The number of ether oxygens (including phenoxy) is 3. The summed E-state index contributed by atoms with van der Waals surface area (Å²) < 4.78 is 18.4. The van der Waals surface area contributed by atoms with E-state index in [1.54, 1.807) is 36.4 Å². The number of piperidine rings is 1. The molecule has 0 aliphatic carbocycles. The molecule has 10 heteroatoms. The van der Waals surface area contributed by atoms with E-state index in [1.807, 2.05) is 53.1 Å². The average Bonchev–Trinajstić information content (AvgIpc) is 3.52. The maximum absolute atomic E-state index is 13.2. The van der Waals surface area contributed by atoms with Gasteiger partial charge in [-0.3, -0.25) is 14.4 Å². The highest BCUT2D eigenvalue weighted by atomic mass is 16.7. The first kappa shape index (κ1) is 27.6. The molecule has 4 heterocycles. The Morgan fingerprint density at radius 1 is 0.886 bits per heavy atom. The van der Waals surface area contributed by atoms with Gasteiger partial charge in [-0.05, 0) is 54.3 Å². The number of fused-ring (bicyclic) bond motifs is 5. The van der Waals surface area contributed by atoms with Crippen LogP contribution in [0.4, 0.5) is 11.4 Å². The first-order valence-electron chi connectivity index (χ1n) is 14.7. The fraction of sp³-hybridized carbons (Fsp3) is 0.265. The average molecular weight is 593 g/mol. The predicted octanol–water partition coefficient (Wildman–Crippen LogP) is 4.15. The molecule has 3 aromatic carbocycles. The highest BCUT2D eigenvalue weighted by Crippen LogP contribution is 2.39. The molecule has 224 valence electrons. The number of hydrogen-bond acceptors (Lipinski definition) is 7. The quantitative estimate of drug-likeness (QED) is 0.316. The summed E-state index contributed by atoms with van der Waals surface area (Å²) in [6.07, 6.45) is 1.00. The number of nitrogens with one attached hydrogen (secondary N) is 2. The third-order valence-corrected chi connectivity index (χ3v) is 8.36. The SMILES string of the molecule is O=C(COc1ccc2c(c1)OCO2)Nc1cc(C(=O)NCc2ccccc2)ccc1N1C[C@H]2C[C@@H](C1)c1cccc(=O)n1C2. The zero-order valence-corrected chi connectivity index (χ0v) is 24.0. The molecular weight excluding hydrogens is 560 g/mol. The molecule has 4 aromatic rings. The van der Waals surface area contributed by atoms with Crippen LogP contribution in [-0.2, 0) is 17.9 Å². The number of hydrogen-bond donors (Lipinski definition) is 2. The molecule has 3 aliphatic heterocycles. The zero-order valence-electron chi connectivity index (χ0n) is 24.0. The number of amides is 2. The Hall–Kier alpha value is -5.25. The summed E-state index contributed by atoms with van der Waals surface area (Å²) in [5, 5.41) is 5.96. The van der Waals surface area contributed by atoms with Gasteiger partial charge in [-0.1, -0.05) is 36.4 Å². The first-order valence-corrected chi connectivity index (χ1v) is 14.7. The maximum Gasteiger partial charge on any atom is 0.262 e. The monoisotopic (exact) mass is 592 g/mol. The van der Waals surface area contributed by atoms with Gasteiger partial charge in [0.15, 0.2) is 18.1 Å². The van der Waals surface area contributed by atoms with E-state index >= 15 is 0 Å². The fourth-order valence-electron chi connectivity index (χ4n) is 6.33. The minimum Gasteiger partial charge on any atom is -0.484 e. The Morgan fingerprint density at radius 2 is 1.75 bits per heavy atom. The van der Waals surface area contributed by atoms with E-state index in [1.165, 1.54) is 0 Å². The molecule has 3 aliphatic rings. The van der Waals surface area contributed by atoms with Gasteiger partial charge in [0.05, 0.1) is 11.4 Å². The lowest BCUT2D eigenvalue weighted by atomic mass is 9.83. The van der Waals surface area contributed by atoms with Crippen LogP contribution in [0.15, 0.2) is 89.7 Å². The number of carbonyl (C=O) groups excluding carboxylic acids is 2. The number of aromatic nitrogens is 1. The minimum absolute atomic E-state index is 0.0342. The lowest BCUT2D eigenvalue weighted by Gasteiger charge is -2.44. The molecule has 10 nitrogen and oxygen atoms in total. The molecule has 44 heavy (non-hydrogen) atoms. The van der Waals surface area contributed by atoms with Crippen LogP contribution in [0.2, 0.25) is 0 Å². The minimum atomic E-state index is -0.361. The normalized spacial score (nSPS) is 17.9. The largest absolute Gasteiger partial charge is 0.484 e. The third-order valence-electron chi connectivity index (χ3n) is 8.36. The van der Waals surface area contributed by atoms with Crippen molar-refractivity contribution in [2.75, 3.05) is 36.7 Å². The molecule has 1 fully saturated rings. The van der Waals surface area contributed by atoms with E-state index in [2.05, 4.69) is 15.5 Å². The van der Waals surface area contributed by atoms with Crippen molar-refractivity contribution < 1.29 is 23.8 Å². The van der Waals surface area contributed by atoms with Gasteiger partial charge in [-0.2, -0.15) is 0 Å². The number of anilines is 2. The van der Waals surface area contributed by atoms with Crippen LogP contribution in [0.1, 0.15) is 34.0 Å². The number of pyridine rings is 1. The van der Waals surface area contributed by atoms with Crippen molar-refractivity contribution in [3.8, 4) is 17.2 Å². The third kappa shape index (κ3) is 5.70. The summed E-state index contributed by atoms with van der Waals surface area (Å²) in [4.78, 5) is 41.1. The Bertz CT molecular complexity index is 1770. The molecule has 2 amide bonds. The molecule has 0 spiro atoms. The van der Waals surface area contributed by atoms with Crippen molar-refractivity contribution >= 4 is 23.2 Å². The number of carbonyl (C=O) groups is 2. The van der Waals surface area contributed by atoms with Gasteiger partial charge in [-0.25, -0.2) is 0 Å². The number of nitrogens with zero attached hydrogens (tertiary/aromatic N) is 2. The van der Waals surface area contributed by atoms with Crippen LogP contribution < -0.4 is 35.3 Å². The highest BCUT2D eigenvalue weighted by Gasteiger charge is 2.35. The fourth-order valence-corrected chi connectivity index (χ4v) is 6.33. The van der Waals surface area contributed by atoms with Crippen LogP contribution in [0.25, 0.3) is 0 Å². The Balaban J connectivity index is 1.12. The lowest BCUT2D eigenvalue weighted by molar-refractivity contribution is -0.118. The molecule has 7 rings (SSSR count). The second kappa shape index (κ2) is 11.8. The Kier molecular flexibility index (Phi) is 7.39. The number of benzene rings is 3. The van der Waals surface area contributed by atoms with Crippen molar-refractivity contribution in [1.82, 2.24) is 9.88 Å². The van der Waals surface area contributed by atoms with Crippen molar-refractivity contribution in [3.05, 3.63) is 112 Å². The molecule has 0 saturated carbocycles. The van der Waals surface area contributed by atoms with Crippen LogP contribution in [0.5, 0.6) is 17.2 Å². The summed E-state index contributed by atoms with van der Waals surface area (Å²) in [6.45, 7) is 2.39. The highest BCUT2D eigenvalue weighted by molar-refractivity contribution is 6.00. The molecular formula is C34H32N4O6. The van der Waals surface area contributed by atoms with Gasteiger partial charge < -0.3 is 34.3 Å². The van der Waals surface area contributed by atoms with E-state index in [9.17, 15) is 14.4 Å². The summed E-state index contributed by atoms with van der Waals surface area (Å²) in [5.41, 5.74) is 3.85.